The van der Waals surface area contributed by atoms with Gasteiger partial charge >= 0.3 is 0 Å². The molecule has 0 aliphatic heterocycles. The zero-order valence-corrected chi connectivity index (χ0v) is 18.7. The molecule has 0 spiro atoms. The predicted molar refractivity (Wildman–Crippen MR) is 120 cm³/mol. The van der Waals surface area contributed by atoms with Gasteiger partial charge in [0.1, 0.15) is 17.3 Å². The Kier molecular flexibility index (Phi) is 8.75. The quantitative estimate of drug-likeness (QED) is 0.462. The molecule has 0 fully saturated rings. The van der Waals surface area contributed by atoms with Crippen LogP contribution >= 0.6 is 0 Å². The molecule has 1 heterocycles. The number of aliphatic hydroxyl groups excluding tert-OH is 1. The third-order valence-electron chi connectivity index (χ3n) is 4.97. The Bertz CT molecular complexity index is 981. The van der Waals surface area contributed by atoms with Gasteiger partial charge in [-0.1, -0.05) is 36.4 Å². The number of aryl methyl sites for hydroxylation is 1. The molecule has 0 saturated carbocycles. The lowest BCUT2D eigenvalue weighted by Crippen LogP contribution is -2.36. The van der Waals surface area contributed by atoms with E-state index >= 15 is 0 Å². The van der Waals surface area contributed by atoms with Crippen molar-refractivity contribution in [1.82, 2.24) is 14.7 Å². The van der Waals surface area contributed by atoms with Crippen LogP contribution in [0.4, 0.5) is 4.39 Å². The fraction of sp³-hybridized carbons (Fsp3) is 0.375. The lowest BCUT2D eigenvalue weighted by atomic mass is 10.1. The molecular formula is C24H30FN3O4. The maximum atomic E-state index is 13.7. The number of aromatic nitrogens is 2. The Hall–Kier alpha value is -2.78. The summed E-state index contributed by atoms with van der Waals surface area (Å²) in [6.45, 7) is 2.17. The predicted octanol–water partition coefficient (Wildman–Crippen LogP) is 3.47. The highest BCUT2D eigenvalue weighted by atomic mass is 19.1. The molecule has 7 nitrogen and oxygen atoms in total. The summed E-state index contributed by atoms with van der Waals surface area (Å²) in [7, 11) is 4.99. The molecule has 32 heavy (non-hydrogen) atoms. The number of methoxy groups -OCH3 is 2. The van der Waals surface area contributed by atoms with E-state index in [4.69, 9.17) is 19.3 Å². The summed E-state index contributed by atoms with van der Waals surface area (Å²) in [5.41, 5.74) is 2.54. The number of ether oxygens (including phenoxy) is 3. The van der Waals surface area contributed by atoms with Crippen LogP contribution < -0.4 is 4.74 Å². The Morgan fingerprint density at radius 2 is 1.88 bits per heavy atom. The molecule has 0 amide bonds. The van der Waals surface area contributed by atoms with E-state index in [-0.39, 0.29) is 12.4 Å². The SMILES string of the molecule is COCCN(Cc1c(-c2ccccc2)nn(C)c1Oc1cccc(F)c1)CC(O)COC. The highest BCUT2D eigenvalue weighted by molar-refractivity contribution is 5.65. The van der Waals surface area contributed by atoms with Crippen molar-refractivity contribution >= 4 is 0 Å². The Balaban J connectivity index is 1.99. The van der Waals surface area contributed by atoms with Crippen LogP contribution in [0, 0.1) is 5.82 Å². The second-order valence-corrected chi connectivity index (χ2v) is 7.52. The molecule has 1 N–H and O–H groups in total. The van der Waals surface area contributed by atoms with Gasteiger partial charge in [0, 0.05) is 52.5 Å². The van der Waals surface area contributed by atoms with E-state index < -0.39 is 6.10 Å². The van der Waals surface area contributed by atoms with Gasteiger partial charge in [-0.25, -0.2) is 9.07 Å². The van der Waals surface area contributed by atoms with Crippen molar-refractivity contribution in [2.45, 2.75) is 12.6 Å². The number of aliphatic hydroxyl groups is 1. The maximum Gasteiger partial charge on any atom is 0.222 e. The van der Waals surface area contributed by atoms with E-state index in [1.165, 1.54) is 12.1 Å². The van der Waals surface area contributed by atoms with Crippen molar-refractivity contribution in [3.63, 3.8) is 0 Å². The maximum absolute atomic E-state index is 13.7. The fourth-order valence-corrected chi connectivity index (χ4v) is 3.51. The first-order valence-electron chi connectivity index (χ1n) is 10.4. The van der Waals surface area contributed by atoms with E-state index in [0.29, 0.717) is 37.9 Å². The minimum atomic E-state index is -0.652. The third-order valence-corrected chi connectivity index (χ3v) is 4.97. The van der Waals surface area contributed by atoms with Crippen LogP contribution in [0.2, 0.25) is 0 Å². The number of benzene rings is 2. The molecule has 0 bridgehead atoms. The highest BCUT2D eigenvalue weighted by Crippen LogP contribution is 2.34. The lowest BCUT2D eigenvalue weighted by molar-refractivity contribution is 0.0292. The van der Waals surface area contributed by atoms with Crippen molar-refractivity contribution in [3.8, 4) is 22.9 Å². The number of hydrogen-bond acceptors (Lipinski definition) is 6. The van der Waals surface area contributed by atoms with E-state index in [1.54, 1.807) is 38.1 Å². The van der Waals surface area contributed by atoms with Gasteiger partial charge in [0.15, 0.2) is 0 Å². The van der Waals surface area contributed by atoms with Crippen LogP contribution in [0.25, 0.3) is 11.3 Å². The van der Waals surface area contributed by atoms with Crippen molar-refractivity contribution in [1.29, 1.82) is 0 Å². The molecule has 172 valence electrons. The number of rotatable bonds is 12. The monoisotopic (exact) mass is 443 g/mol. The van der Waals surface area contributed by atoms with Crippen molar-refractivity contribution in [2.75, 3.05) is 40.5 Å². The van der Waals surface area contributed by atoms with Crippen LogP contribution in [0.5, 0.6) is 11.6 Å². The highest BCUT2D eigenvalue weighted by Gasteiger charge is 2.23. The Morgan fingerprint density at radius 1 is 1.09 bits per heavy atom. The van der Waals surface area contributed by atoms with Crippen LogP contribution in [-0.4, -0.2) is 66.4 Å². The van der Waals surface area contributed by atoms with E-state index in [2.05, 4.69) is 4.90 Å². The summed E-state index contributed by atoms with van der Waals surface area (Å²) in [5, 5.41) is 15.0. The van der Waals surface area contributed by atoms with Gasteiger partial charge < -0.3 is 19.3 Å². The van der Waals surface area contributed by atoms with E-state index in [0.717, 1.165) is 16.8 Å². The van der Waals surface area contributed by atoms with Gasteiger partial charge in [0.05, 0.1) is 24.9 Å². The molecule has 0 saturated heterocycles. The topological polar surface area (TPSA) is 69.0 Å². The Morgan fingerprint density at radius 3 is 2.56 bits per heavy atom. The van der Waals surface area contributed by atoms with Crippen molar-refractivity contribution in [3.05, 3.63) is 66.0 Å². The van der Waals surface area contributed by atoms with Gasteiger partial charge in [-0.05, 0) is 12.1 Å². The first-order valence-corrected chi connectivity index (χ1v) is 10.4. The molecule has 3 rings (SSSR count). The first-order chi connectivity index (χ1) is 15.5. The zero-order valence-electron chi connectivity index (χ0n) is 18.7. The number of nitrogens with zero attached hydrogens (tertiary/aromatic N) is 3. The van der Waals surface area contributed by atoms with Gasteiger partial charge in [0.25, 0.3) is 0 Å². The van der Waals surface area contributed by atoms with E-state index in [1.807, 2.05) is 30.3 Å². The standard InChI is InChI=1S/C24H30FN3O4/c1-27-24(32-21-11-7-10-19(25)14-21)22(23(26-27)18-8-5-4-6-9-18)16-28(12-13-30-2)15-20(29)17-31-3/h4-11,14,20,29H,12-13,15-17H2,1-3H3. The zero-order chi connectivity index (χ0) is 22.9. The van der Waals surface area contributed by atoms with Crippen molar-refractivity contribution in [2.24, 2.45) is 7.05 Å². The summed E-state index contributed by atoms with van der Waals surface area (Å²) >= 11 is 0. The van der Waals surface area contributed by atoms with Gasteiger partial charge in [0.2, 0.25) is 5.88 Å². The van der Waals surface area contributed by atoms with Crippen LogP contribution in [0.1, 0.15) is 5.56 Å². The smallest absolute Gasteiger partial charge is 0.222 e. The van der Waals surface area contributed by atoms with Crippen LogP contribution in [-0.2, 0) is 23.1 Å². The molecule has 0 aliphatic carbocycles. The number of hydrogen-bond donors (Lipinski definition) is 1. The summed E-state index contributed by atoms with van der Waals surface area (Å²) in [5.74, 6) is 0.522. The molecule has 2 aromatic carbocycles. The summed E-state index contributed by atoms with van der Waals surface area (Å²) in [6, 6.07) is 15.8. The molecular weight excluding hydrogens is 413 g/mol. The van der Waals surface area contributed by atoms with Crippen molar-refractivity contribution < 1.29 is 23.7 Å². The second-order valence-electron chi connectivity index (χ2n) is 7.52. The first kappa shape index (κ1) is 23.9. The van der Waals surface area contributed by atoms with E-state index in [9.17, 15) is 9.50 Å². The Labute approximate surface area is 187 Å². The average molecular weight is 444 g/mol. The molecule has 0 radical (unpaired) electrons. The minimum Gasteiger partial charge on any atom is -0.439 e. The van der Waals surface area contributed by atoms with Crippen LogP contribution in [0.15, 0.2) is 54.6 Å². The second kappa shape index (κ2) is 11.7. The molecule has 1 aromatic heterocycles. The third kappa shape index (κ3) is 6.37. The summed E-state index contributed by atoms with van der Waals surface area (Å²) in [4.78, 5) is 2.06. The van der Waals surface area contributed by atoms with Gasteiger partial charge in [-0.3, -0.25) is 4.90 Å². The summed E-state index contributed by atoms with van der Waals surface area (Å²) in [6.07, 6.45) is -0.652. The summed E-state index contributed by atoms with van der Waals surface area (Å²) < 4.78 is 31.8. The fourth-order valence-electron chi connectivity index (χ4n) is 3.51. The molecule has 1 unspecified atom stereocenters. The largest absolute Gasteiger partial charge is 0.439 e. The van der Waals surface area contributed by atoms with Gasteiger partial charge in [-0.2, -0.15) is 5.10 Å². The van der Waals surface area contributed by atoms with Crippen LogP contribution in [0.3, 0.4) is 0 Å². The van der Waals surface area contributed by atoms with Gasteiger partial charge in [-0.15, -0.1) is 0 Å². The molecule has 0 aliphatic rings. The molecule has 8 heteroatoms. The lowest BCUT2D eigenvalue weighted by Gasteiger charge is -2.25. The normalized spacial score (nSPS) is 12.3. The molecule has 3 aromatic rings. The average Bonchev–Trinajstić information content (AvgIpc) is 3.08. The minimum absolute atomic E-state index is 0.231. The number of halogens is 1. The molecule has 1 atom stereocenters.